The number of hydrogen-bond acceptors (Lipinski definition) is 8. The van der Waals surface area contributed by atoms with Crippen LogP contribution in [0.25, 0.3) is 28.0 Å². The number of fused-ring (bicyclic) bond motifs is 1. The van der Waals surface area contributed by atoms with Crippen LogP contribution in [-0.2, 0) is 11.3 Å². The molecule has 1 unspecified atom stereocenters. The molecule has 2 aliphatic rings. The molecule has 2 aromatic heterocycles. The Morgan fingerprint density at radius 2 is 2.12 bits per heavy atom. The molecule has 1 saturated heterocycles. The van der Waals surface area contributed by atoms with E-state index in [1.165, 1.54) is 0 Å². The van der Waals surface area contributed by atoms with Crippen molar-refractivity contribution in [2.24, 2.45) is 11.6 Å². The number of nitrogens with zero attached hydrogens (tertiary/aromatic N) is 4. The van der Waals surface area contributed by atoms with Crippen LogP contribution in [0.5, 0.6) is 0 Å². The van der Waals surface area contributed by atoms with Crippen LogP contribution in [0, 0.1) is 0 Å². The van der Waals surface area contributed by atoms with Crippen molar-refractivity contribution in [2.45, 2.75) is 45.4 Å². The molecule has 9 nitrogen and oxygen atoms in total. The molecule has 1 atom stereocenters. The number of aliphatic hydroxyl groups is 1. The van der Waals surface area contributed by atoms with Gasteiger partial charge in [-0.05, 0) is 50.5 Å². The van der Waals surface area contributed by atoms with E-state index in [0.29, 0.717) is 30.4 Å². The summed E-state index contributed by atoms with van der Waals surface area (Å²) in [5.74, 6) is 7.87. The molecule has 33 heavy (non-hydrogen) atoms. The van der Waals surface area contributed by atoms with Gasteiger partial charge in [0.2, 0.25) is 0 Å². The van der Waals surface area contributed by atoms with Gasteiger partial charge >= 0.3 is 0 Å². The number of aromatic nitrogens is 3. The van der Waals surface area contributed by atoms with E-state index < -0.39 is 0 Å². The molecule has 1 aromatic carbocycles. The molecular weight excluding hydrogens is 418 g/mol. The average molecular weight is 450 g/mol. The molecule has 0 bridgehead atoms. The third-order valence-electron chi connectivity index (χ3n) is 6.34. The molecule has 1 saturated carbocycles. The summed E-state index contributed by atoms with van der Waals surface area (Å²) >= 11 is 0. The van der Waals surface area contributed by atoms with E-state index in [1.807, 2.05) is 37.4 Å². The number of H-pyrrole nitrogens is 1. The number of benzene rings is 1. The van der Waals surface area contributed by atoms with Crippen LogP contribution in [0.3, 0.4) is 0 Å². The summed E-state index contributed by atoms with van der Waals surface area (Å²) in [5.41, 5.74) is 10.9. The number of rotatable bonds is 6. The molecule has 174 valence electrons. The average Bonchev–Trinajstić information content (AvgIpc) is 3.55. The van der Waals surface area contributed by atoms with Gasteiger partial charge in [-0.25, -0.2) is 15.8 Å². The van der Waals surface area contributed by atoms with Crippen molar-refractivity contribution in [3.8, 4) is 11.4 Å². The van der Waals surface area contributed by atoms with Gasteiger partial charge in [0, 0.05) is 47.0 Å². The van der Waals surface area contributed by atoms with E-state index in [1.54, 1.807) is 5.01 Å². The Kier molecular flexibility index (Phi) is 5.69. The van der Waals surface area contributed by atoms with Crippen molar-refractivity contribution >= 4 is 22.4 Å². The Morgan fingerprint density at radius 3 is 2.82 bits per heavy atom. The molecule has 2 fully saturated rings. The third-order valence-corrected chi connectivity index (χ3v) is 6.34. The van der Waals surface area contributed by atoms with Gasteiger partial charge in [0.1, 0.15) is 5.82 Å². The Balaban J connectivity index is 1.71. The SMILES string of the molecule is C/C(N)=C(\c1cc(N2CCOCC2C)nc(-c2cc(CO)cc3[nH]ccc23)n1)N(N)C1CC1. The topological polar surface area (TPSA) is 130 Å². The number of aliphatic hydroxyl groups excluding tert-OH is 1. The third kappa shape index (κ3) is 4.15. The zero-order chi connectivity index (χ0) is 23.1. The van der Waals surface area contributed by atoms with Crippen molar-refractivity contribution in [1.29, 1.82) is 0 Å². The maximum Gasteiger partial charge on any atom is 0.162 e. The van der Waals surface area contributed by atoms with E-state index in [9.17, 15) is 5.11 Å². The molecule has 0 radical (unpaired) electrons. The first-order chi connectivity index (χ1) is 16.0. The summed E-state index contributed by atoms with van der Waals surface area (Å²) in [6, 6.07) is 8.32. The lowest BCUT2D eigenvalue weighted by Gasteiger charge is -2.35. The predicted octanol–water partition coefficient (Wildman–Crippen LogP) is 2.33. The van der Waals surface area contributed by atoms with Crippen molar-refractivity contribution in [2.75, 3.05) is 24.7 Å². The fraction of sp³-hybridized carbons (Fsp3) is 0.417. The lowest BCUT2D eigenvalue weighted by Crippen LogP contribution is -2.44. The van der Waals surface area contributed by atoms with E-state index >= 15 is 0 Å². The Labute approximate surface area is 193 Å². The van der Waals surface area contributed by atoms with Crippen LogP contribution >= 0.6 is 0 Å². The minimum atomic E-state index is -0.0691. The highest BCUT2D eigenvalue weighted by Gasteiger charge is 2.31. The zero-order valence-electron chi connectivity index (χ0n) is 19.1. The van der Waals surface area contributed by atoms with Gasteiger partial charge in [0.25, 0.3) is 0 Å². The lowest BCUT2D eigenvalue weighted by molar-refractivity contribution is 0.0985. The Bertz CT molecular complexity index is 1200. The summed E-state index contributed by atoms with van der Waals surface area (Å²) in [7, 11) is 0. The summed E-state index contributed by atoms with van der Waals surface area (Å²) in [4.78, 5) is 15.4. The number of ether oxygens (including phenoxy) is 1. The normalized spacial score (nSPS) is 19.6. The summed E-state index contributed by atoms with van der Waals surface area (Å²) < 4.78 is 5.65. The van der Waals surface area contributed by atoms with Gasteiger partial charge in [-0.15, -0.1) is 0 Å². The van der Waals surface area contributed by atoms with Crippen molar-refractivity contribution < 1.29 is 9.84 Å². The predicted molar refractivity (Wildman–Crippen MR) is 129 cm³/mol. The van der Waals surface area contributed by atoms with Crippen molar-refractivity contribution in [1.82, 2.24) is 20.0 Å². The molecular formula is C24H31N7O2. The van der Waals surface area contributed by atoms with Crippen LogP contribution in [0.4, 0.5) is 5.82 Å². The van der Waals surface area contributed by atoms with E-state index in [2.05, 4.69) is 16.8 Å². The van der Waals surface area contributed by atoms with Gasteiger partial charge in [-0.1, -0.05) is 0 Å². The molecule has 3 heterocycles. The molecule has 3 aromatic rings. The quantitative estimate of drug-likeness (QED) is 0.333. The van der Waals surface area contributed by atoms with E-state index in [-0.39, 0.29) is 18.7 Å². The molecule has 0 spiro atoms. The largest absolute Gasteiger partial charge is 0.400 e. The van der Waals surface area contributed by atoms with Crippen molar-refractivity contribution in [3.05, 3.63) is 47.4 Å². The number of hydrazine groups is 1. The number of nitrogens with two attached hydrogens (primary N) is 2. The van der Waals surface area contributed by atoms with Crippen LogP contribution in [0.1, 0.15) is 37.9 Å². The standard InChI is InChI=1S/C24H31N7O2/c1-14-13-33-8-7-30(14)22-11-21(23(15(2)25)31(26)17-3-4-17)28-24(29-22)19-9-16(12-32)10-20-18(19)5-6-27-20/h5-6,9-11,14,17,27,32H,3-4,7-8,12-13,25-26H2,1-2H3/b23-15-. The zero-order valence-corrected chi connectivity index (χ0v) is 19.1. The summed E-state index contributed by atoms with van der Waals surface area (Å²) in [5, 5.41) is 12.6. The highest BCUT2D eigenvalue weighted by molar-refractivity contribution is 5.94. The molecule has 9 heteroatoms. The van der Waals surface area contributed by atoms with Crippen molar-refractivity contribution in [3.63, 3.8) is 0 Å². The fourth-order valence-corrected chi connectivity index (χ4v) is 4.47. The minimum absolute atomic E-state index is 0.0691. The second-order valence-corrected chi connectivity index (χ2v) is 8.96. The summed E-state index contributed by atoms with van der Waals surface area (Å²) in [6.45, 7) is 5.93. The number of nitrogens with one attached hydrogen (secondary N) is 1. The first kappa shape index (κ1) is 21.7. The molecule has 0 amide bonds. The Morgan fingerprint density at radius 1 is 1.30 bits per heavy atom. The highest BCUT2D eigenvalue weighted by Crippen LogP contribution is 2.35. The van der Waals surface area contributed by atoms with Crippen LogP contribution in [-0.4, -0.2) is 56.9 Å². The number of morpholine rings is 1. The first-order valence-electron chi connectivity index (χ1n) is 11.4. The number of hydrogen-bond donors (Lipinski definition) is 4. The monoisotopic (exact) mass is 449 g/mol. The van der Waals surface area contributed by atoms with Gasteiger partial charge in [-0.3, -0.25) is 0 Å². The smallest absolute Gasteiger partial charge is 0.162 e. The molecule has 6 N–H and O–H groups in total. The van der Waals surface area contributed by atoms with Crippen LogP contribution < -0.4 is 16.5 Å². The lowest BCUT2D eigenvalue weighted by atomic mass is 10.0. The van der Waals surface area contributed by atoms with Crippen LogP contribution in [0.15, 0.2) is 36.2 Å². The second kappa shape index (κ2) is 8.66. The maximum absolute atomic E-state index is 9.83. The number of aromatic amines is 1. The number of anilines is 1. The number of allylic oxidation sites excluding steroid dienone is 1. The van der Waals surface area contributed by atoms with Gasteiger partial charge in [0.05, 0.1) is 37.3 Å². The first-order valence-corrected chi connectivity index (χ1v) is 11.4. The minimum Gasteiger partial charge on any atom is -0.400 e. The van der Waals surface area contributed by atoms with Crippen LogP contribution in [0.2, 0.25) is 0 Å². The van der Waals surface area contributed by atoms with Gasteiger partial charge < -0.3 is 30.5 Å². The van der Waals surface area contributed by atoms with E-state index in [4.69, 9.17) is 26.3 Å². The maximum atomic E-state index is 9.83. The van der Waals surface area contributed by atoms with E-state index in [0.717, 1.165) is 52.9 Å². The Hall–Kier alpha value is -3.14. The fourth-order valence-electron chi connectivity index (χ4n) is 4.47. The molecule has 1 aliphatic heterocycles. The highest BCUT2D eigenvalue weighted by atomic mass is 16.5. The van der Waals surface area contributed by atoms with Gasteiger partial charge in [0.15, 0.2) is 5.82 Å². The molecule has 1 aliphatic carbocycles. The van der Waals surface area contributed by atoms with Gasteiger partial charge in [-0.2, -0.15) is 0 Å². The summed E-state index contributed by atoms with van der Waals surface area (Å²) in [6.07, 6.45) is 3.97. The second-order valence-electron chi connectivity index (χ2n) is 8.96. The molecule has 5 rings (SSSR count).